The summed E-state index contributed by atoms with van der Waals surface area (Å²) in [5.74, 6) is 1.29. The molecule has 5 heterocycles. The molecule has 3 aromatic heterocycles. The van der Waals surface area contributed by atoms with Crippen molar-refractivity contribution < 1.29 is 21.6 Å². The van der Waals surface area contributed by atoms with E-state index in [2.05, 4.69) is 55.5 Å². The van der Waals surface area contributed by atoms with Gasteiger partial charge in [0.25, 0.3) is 0 Å². The molecule has 0 saturated carbocycles. The Bertz CT molecular complexity index is 1880. The number of nitrogens with one attached hydrogen (secondary N) is 2. The van der Waals surface area contributed by atoms with E-state index in [0.29, 0.717) is 53.9 Å². The second-order valence-electron chi connectivity index (χ2n) is 12.1. The molecule has 0 radical (unpaired) electrons. The molecule has 0 bridgehead atoms. The molecular weight excluding hydrogens is 638 g/mol. The van der Waals surface area contributed by atoms with Crippen molar-refractivity contribution in [2.24, 2.45) is 0 Å². The van der Waals surface area contributed by atoms with Crippen LogP contribution in [0.2, 0.25) is 0 Å². The van der Waals surface area contributed by atoms with E-state index in [9.17, 15) is 26.9 Å². The summed E-state index contributed by atoms with van der Waals surface area (Å²) in [7, 11) is -1.25. The van der Waals surface area contributed by atoms with Crippen LogP contribution in [0, 0.1) is 18.3 Å². The molecular formula is C31H37F3N8O2S2. The topological polar surface area (TPSA) is 119 Å². The van der Waals surface area contributed by atoms with Gasteiger partial charge in [0.1, 0.15) is 22.4 Å². The van der Waals surface area contributed by atoms with E-state index in [0.717, 1.165) is 60.3 Å². The highest BCUT2D eigenvalue weighted by atomic mass is 32.2. The van der Waals surface area contributed by atoms with Gasteiger partial charge in [-0.2, -0.15) is 23.4 Å². The van der Waals surface area contributed by atoms with Crippen molar-refractivity contribution >= 4 is 54.1 Å². The van der Waals surface area contributed by atoms with Gasteiger partial charge in [-0.3, -0.25) is 9.80 Å². The van der Waals surface area contributed by atoms with Crippen molar-refractivity contribution in [3.05, 3.63) is 46.0 Å². The maximum absolute atomic E-state index is 13.0. The number of hydrogen-bond acceptors (Lipinski definition) is 10. The number of thiophene rings is 1. The summed E-state index contributed by atoms with van der Waals surface area (Å²) in [6, 6.07) is 10.2. The van der Waals surface area contributed by atoms with Crippen molar-refractivity contribution in [1.29, 1.82) is 5.26 Å². The Labute approximate surface area is 270 Å². The van der Waals surface area contributed by atoms with Crippen LogP contribution in [0.3, 0.4) is 0 Å². The molecule has 2 N–H and O–H groups in total. The third kappa shape index (κ3) is 7.25. The van der Waals surface area contributed by atoms with Gasteiger partial charge in [-0.1, -0.05) is 6.07 Å². The normalized spacial score (nSPS) is 18.3. The lowest BCUT2D eigenvalue weighted by molar-refractivity contribution is -0.126. The molecule has 15 heteroatoms. The molecule has 6 rings (SSSR count). The van der Waals surface area contributed by atoms with Crippen LogP contribution in [0.4, 0.5) is 24.9 Å². The number of benzene rings is 1. The van der Waals surface area contributed by atoms with Crippen LogP contribution in [-0.4, -0.2) is 96.2 Å². The molecule has 0 unspecified atom stereocenters. The molecule has 2 aliphatic heterocycles. The second kappa shape index (κ2) is 13.0. The quantitative estimate of drug-likeness (QED) is 0.259. The van der Waals surface area contributed by atoms with Gasteiger partial charge in [0.15, 0.2) is 9.84 Å². The fourth-order valence-corrected chi connectivity index (χ4v) is 8.72. The van der Waals surface area contributed by atoms with Crippen LogP contribution < -0.4 is 10.6 Å². The summed E-state index contributed by atoms with van der Waals surface area (Å²) in [6.07, 6.45) is -3.56. The third-order valence-electron chi connectivity index (χ3n) is 9.02. The molecule has 1 aromatic carbocycles. The van der Waals surface area contributed by atoms with Gasteiger partial charge >= 0.3 is 6.18 Å². The average molecular weight is 675 g/mol. The summed E-state index contributed by atoms with van der Waals surface area (Å²) in [5.41, 5.74) is 3.96. The molecule has 0 atom stereocenters. The van der Waals surface area contributed by atoms with Gasteiger partial charge in [0, 0.05) is 74.7 Å². The molecule has 0 spiro atoms. The largest absolute Gasteiger partial charge is 0.393 e. The maximum Gasteiger partial charge on any atom is 0.393 e. The van der Waals surface area contributed by atoms with E-state index >= 15 is 0 Å². The van der Waals surface area contributed by atoms with E-state index < -0.39 is 22.4 Å². The zero-order chi connectivity index (χ0) is 32.6. The highest BCUT2D eigenvalue weighted by Crippen LogP contribution is 2.35. The monoisotopic (exact) mass is 674 g/mol. The number of nitriles is 1. The number of halogens is 3. The number of fused-ring (bicyclic) bond motifs is 2. The van der Waals surface area contributed by atoms with Crippen molar-refractivity contribution in [1.82, 2.24) is 24.3 Å². The highest BCUT2D eigenvalue weighted by Gasteiger charge is 2.30. The summed E-state index contributed by atoms with van der Waals surface area (Å²) in [4.78, 5) is 14.2. The lowest BCUT2D eigenvalue weighted by Crippen LogP contribution is -2.41. The first-order chi connectivity index (χ1) is 21.9. The number of alkyl halides is 3. The number of hydrogen-bond donors (Lipinski definition) is 2. The van der Waals surface area contributed by atoms with E-state index in [-0.39, 0.29) is 22.4 Å². The van der Waals surface area contributed by atoms with Gasteiger partial charge in [-0.25, -0.2) is 13.4 Å². The van der Waals surface area contributed by atoms with Crippen LogP contribution in [0.25, 0.3) is 21.1 Å². The molecule has 246 valence electrons. The molecule has 2 aliphatic rings. The fraction of sp³-hybridized carbons (Fsp3) is 0.516. The van der Waals surface area contributed by atoms with E-state index in [4.69, 9.17) is 0 Å². The fourth-order valence-electron chi connectivity index (χ4n) is 6.39. The number of rotatable bonds is 9. The van der Waals surface area contributed by atoms with Crippen LogP contribution in [0.5, 0.6) is 0 Å². The van der Waals surface area contributed by atoms with Crippen molar-refractivity contribution in [2.75, 3.05) is 61.9 Å². The minimum absolute atomic E-state index is 0.126. The predicted molar refractivity (Wildman–Crippen MR) is 175 cm³/mol. The Morgan fingerprint density at radius 1 is 1.04 bits per heavy atom. The van der Waals surface area contributed by atoms with Gasteiger partial charge < -0.3 is 15.2 Å². The smallest absolute Gasteiger partial charge is 0.367 e. The SMILES string of the molecule is CNc1nc(NC2CCN(Cc3ccc4c(cc(C#N)n4CCN4CCS(=O)(=O)CC4)c3C)CC2)c2cc(CC(F)(F)F)sc2n1. The van der Waals surface area contributed by atoms with Crippen molar-refractivity contribution in [3.63, 3.8) is 0 Å². The van der Waals surface area contributed by atoms with Gasteiger partial charge in [-0.05, 0) is 49.1 Å². The van der Waals surface area contributed by atoms with Crippen molar-refractivity contribution in [3.8, 4) is 6.07 Å². The zero-order valence-electron chi connectivity index (χ0n) is 25.8. The minimum atomic E-state index is -4.28. The summed E-state index contributed by atoms with van der Waals surface area (Å²) in [5, 5.41) is 17.9. The standard InChI is InChI=1S/C31H37F3N8O2S2/c1-20-21(3-4-27-25(20)15-23(18-35)42(27)10-9-40-11-13-46(43,44)14-12-40)19-41-7-5-22(6-8-41)37-28-26-16-24(17-31(32,33)34)45-29(26)39-30(36-2)38-28/h3-4,15-16,22H,5-14,17,19H2,1-2H3,(H2,36,37,38,39). The molecule has 2 saturated heterocycles. The second-order valence-corrected chi connectivity index (χ2v) is 15.6. The van der Waals surface area contributed by atoms with E-state index in [1.54, 1.807) is 13.1 Å². The summed E-state index contributed by atoms with van der Waals surface area (Å²) >= 11 is 1.05. The number of piperidine rings is 1. The number of sulfone groups is 1. The number of anilines is 2. The van der Waals surface area contributed by atoms with Crippen molar-refractivity contribution in [2.45, 2.75) is 51.5 Å². The van der Waals surface area contributed by atoms with Gasteiger partial charge in [-0.15, -0.1) is 11.3 Å². The summed E-state index contributed by atoms with van der Waals surface area (Å²) < 4.78 is 64.7. The Balaban J connectivity index is 1.10. The highest BCUT2D eigenvalue weighted by molar-refractivity contribution is 7.91. The molecule has 2 fully saturated rings. The van der Waals surface area contributed by atoms with Crippen LogP contribution in [0.1, 0.15) is 34.5 Å². The van der Waals surface area contributed by atoms with Crippen LogP contribution in [0.15, 0.2) is 24.3 Å². The van der Waals surface area contributed by atoms with Crippen LogP contribution in [-0.2, 0) is 29.3 Å². The number of likely N-dealkylation sites (tertiary alicyclic amines) is 1. The minimum Gasteiger partial charge on any atom is -0.367 e. The van der Waals surface area contributed by atoms with Gasteiger partial charge in [0.2, 0.25) is 5.95 Å². The first-order valence-corrected chi connectivity index (χ1v) is 18.0. The zero-order valence-corrected chi connectivity index (χ0v) is 27.5. The lowest BCUT2D eigenvalue weighted by atomic mass is 10.0. The van der Waals surface area contributed by atoms with Gasteiger partial charge in [0.05, 0.1) is 23.3 Å². The Hall–Kier alpha value is -3.45. The third-order valence-corrected chi connectivity index (χ3v) is 11.7. The van der Waals surface area contributed by atoms with E-state index in [1.165, 1.54) is 5.56 Å². The van der Waals surface area contributed by atoms with E-state index in [1.807, 2.05) is 10.6 Å². The molecule has 4 aromatic rings. The average Bonchev–Trinajstić information content (AvgIpc) is 3.58. The number of nitrogens with zero attached hydrogens (tertiary/aromatic N) is 6. The number of aromatic nitrogens is 3. The lowest BCUT2D eigenvalue weighted by Gasteiger charge is -2.33. The maximum atomic E-state index is 13.0. The first-order valence-electron chi connectivity index (χ1n) is 15.4. The molecule has 0 aliphatic carbocycles. The predicted octanol–water partition coefficient (Wildman–Crippen LogP) is 4.78. The Morgan fingerprint density at radius 3 is 2.46 bits per heavy atom. The first kappa shape index (κ1) is 32.5. The molecule has 10 nitrogen and oxygen atoms in total. The Kier molecular flexibility index (Phi) is 9.17. The molecule has 46 heavy (non-hydrogen) atoms. The number of aryl methyl sites for hydroxylation is 1. The van der Waals surface area contributed by atoms with Crippen LogP contribution >= 0.6 is 11.3 Å². The molecule has 0 amide bonds. The Morgan fingerprint density at radius 2 is 1.78 bits per heavy atom. The summed E-state index contributed by atoms with van der Waals surface area (Å²) in [6.45, 7) is 6.93.